The van der Waals surface area contributed by atoms with E-state index in [2.05, 4.69) is 21.9 Å². The lowest BCUT2D eigenvalue weighted by Gasteiger charge is -2.35. The quantitative estimate of drug-likeness (QED) is 0.867. The van der Waals surface area contributed by atoms with Crippen molar-refractivity contribution in [2.45, 2.75) is 63.5 Å². The summed E-state index contributed by atoms with van der Waals surface area (Å²) in [5.74, 6) is 0.824. The summed E-state index contributed by atoms with van der Waals surface area (Å²) in [7, 11) is 2.19. The molecule has 2 fully saturated rings. The van der Waals surface area contributed by atoms with Crippen molar-refractivity contribution in [2.75, 3.05) is 7.05 Å². The van der Waals surface area contributed by atoms with E-state index in [0.717, 1.165) is 12.8 Å². The molecule has 2 N–H and O–H groups in total. The topological polar surface area (TPSA) is 69.2 Å². The van der Waals surface area contributed by atoms with Crippen molar-refractivity contribution in [3.8, 4) is 5.88 Å². The first kappa shape index (κ1) is 13.6. The molecule has 2 aliphatic rings. The number of aromatic nitrogens is 2. The molecule has 2 saturated heterocycles. The summed E-state index contributed by atoms with van der Waals surface area (Å²) in [5, 5.41) is 10.0. The second-order valence-electron chi connectivity index (χ2n) is 6.56. The zero-order chi connectivity index (χ0) is 14.4. The summed E-state index contributed by atoms with van der Waals surface area (Å²) in [5.41, 5.74) is 0.207. The summed E-state index contributed by atoms with van der Waals surface area (Å²) >= 11 is 0. The minimum atomic E-state index is -0.186. The third-order valence-corrected chi connectivity index (χ3v) is 5.02. The fourth-order valence-electron chi connectivity index (χ4n) is 3.84. The molecule has 2 atom stereocenters. The summed E-state index contributed by atoms with van der Waals surface area (Å²) in [6.45, 7) is 3.78. The highest BCUT2D eigenvalue weighted by Crippen LogP contribution is 2.41. The highest BCUT2D eigenvalue weighted by molar-refractivity contribution is 5.26. The lowest BCUT2D eigenvalue weighted by Crippen LogP contribution is -2.39. The molecule has 5 nitrogen and oxygen atoms in total. The average Bonchev–Trinajstić information content (AvgIpc) is 2.61. The number of nitrogens with one attached hydrogen (secondary N) is 1. The van der Waals surface area contributed by atoms with E-state index in [0.29, 0.717) is 23.5 Å². The zero-order valence-corrected chi connectivity index (χ0v) is 12.4. The summed E-state index contributed by atoms with van der Waals surface area (Å²) in [4.78, 5) is 21.8. The third kappa shape index (κ3) is 2.14. The number of rotatable bonds is 2. The van der Waals surface area contributed by atoms with Crippen LogP contribution in [0.3, 0.4) is 0 Å². The van der Waals surface area contributed by atoms with Crippen molar-refractivity contribution in [3.63, 3.8) is 0 Å². The summed E-state index contributed by atoms with van der Waals surface area (Å²) in [6, 6.07) is 1.19. The van der Waals surface area contributed by atoms with E-state index in [4.69, 9.17) is 0 Å². The van der Waals surface area contributed by atoms with Crippen LogP contribution < -0.4 is 5.56 Å². The van der Waals surface area contributed by atoms with E-state index in [9.17, 15) is 9.90 Å². The Bertz CT molecular complexity index is 553. The number of aromatic hydroxyl groups is 1. The van der Waals surface area contributed by atoms with Gasteiger partial charge in [0.2, 0.25) is 5.88 Å². The minimum Gasteiger partial charge on any atom is -0.493 e. The van der Waals surface area contributed by atoms with E-state index in [1.165, 1.54) is 12.8 Å². The van der Waals surface area contributed by atoms with Crippen molar-refractivity contribution in [2.24, 2.45) is 0 Å². The van der Waals surface area contributed by atoms with Gasteiger partial charge in [-0.25, -0.2) is 0 Å². The number of hydrogen-bond acceptors (Lipinski definition) is 4. The largest absolute Gasteiger partial charge is 0.493 e. The van der Waals surface area contributed by atoms with Gasteiger partial charge in [-0.2, -0.15) is 4.98 Å². The van der Waals surface area contributed by atoms with Crippen LogP contribution in [0.15, 0.2) is 4.79 Å². The predicted molar refractivity (Wildman–Crippen MR) is 77.2 cm³/mol. The van der Waals surface area contributed by atoms with E-state index in [1.54, 1.807) is 0 Å². The Hall–Kier alpha value is -1.36. The minimum absolute atomic E-state index is 0.0195. The summed E-state index contributed by atoms with van der Waals surface area (Å²) in [6.07, 6.45) is 4.52. The number of aromatic amines is 1. The fraction of sp³-hybridized carbons (Fsp3) is 0.733. The molecule has 110 valence electrons. The molecular weight excluding hydrogens is 254 g/mol. The fourth-order valence-corrected chi connectivity index (χ4v) is 3.84. The highest BCUT2D eigenvalue weighted by Gasteiger charge is 2.39. The molecule has 1 aromatic rings. The molecule has 0 saturated carbocycles. The Kier molecular flexibility index (Phi) is 3.32. The van der Waals surface area contributed by atoms with Crippen LogP contribution in [0.5, 0.6) is 5.88 Å². The SMILES string of the molecule is CC(C)c1c(O)nc(C2CC3CCC(C2)N3C)[nH]c1=O. The molecule has 0 radical (unpaired) electrons. The van der Waals surface area contributed by atoms with Crippen LogP contribution in [0, 0.1) is 0 Å². The molecule has 5 heteroatoms. The average molecular weight is 277 g/mol. The van der Waals surface area contributed by atoms with Gasteiger partial charge in [0.1, 0.15) is 5.82 Å². The van der Waals surface area contributed by atoms with E-state index in [1.807, 2.05) is 13.8 Å². The molecule has 3 rings (SSSR count). The van der Waals surface area contributed by atoms with E-state index < -0.39 is 0 Å². The molecule has 20 heavy (non-hydrogen) atoms. The molecule has 0 aromatic carbocycles. The van der Waals surface area contributed by atoms with Crippen LogP contribution in [0.4, 0.5) is 0 Å². The first-order valence-corrected chi connectivity index (χ1v) is 7.52. The summed E-state index contributed by atoms with van der Waals surface area (Å²) < 4.78 is 0. The second kappa shape index (κ2) is 4.88. The predicted octanol–water partition coefficient (Wildman–Crippen LogP) is 1.94. The number of piperidine rings is 1. The van der Waals surface area contributed by atoms with Crippen LogP contribution in [-0.2, 0) is 0 Å². The molecule has 0 amide bonds. The molecule has 2 aliphatic heterocycles. The van der Waals surface area contributed by atoms with Crippen molar-refractivity contribution in [1.82, 2.24) is 14.9 Å². The Morgan fingerprint density at radius 2 is 1.90 bits per heavy atom. The Morgan fingerprint density at radius 1 is 1.30 bits per heavy atom. The number of H-pyrrole nitrogens is 1. The van der Waals surface area contributed by atoms with Gasteiger partial charge in [-0.15, -0.1) is 0 Å². The van der Waals surface area contributed by atoms with Gasteiger partial charge < -0.3 is 15.0 Å². The van der Waals surface area contributed by atoms with Crippen LogP contribution in [0.1, 0.15) is 62.8 Å². The van der Waals surface area contributed by atoms with Crippen molar-refractivity contribution < 1.29 is 5.11 Å². The van der Waals surface area contributed by atoms with Gasteiger partial charge in [-0.05, 0) is 38.6 Å². The van der Waals surface area contributed by atoms with Gasteiger partial charge in [0, 0.05) is 18.0 Å². The van der Waals surface area contributed by atoms with E-state index >= 15 is 0 Å². The first-order valence-electron chi connectivity index (χ1n) is 7.52. The molecule has 0 spiro atoms. The standard InChI is InChI=1S/C15H23N3O2/c1-8(2)12-14(19)16-13(17-15(12)20)9-6-10-4-5-11(7-9)18(10)3/h8-11H,4-7H2,1-3H3,(H2,16,17,19,20). The maximum absolute atomic E-state index is 12.1. The van der Waals surface area contributed by atoms with Crippen LogP contribution in [0.2, 0.25) is 0 Å². The van der Waals surface area contributed by atoms with E-state index in [-0.39, 0.29) is 23.3 Å². The van der Waals surface area contributed by atoms with Gasteiger partial charge in [0.25, 0.3) is 5.56 Å². The smallest absolute Gasteiger partial charge is 0.258 e. The van der Waals surface area contributed by atoms with Crippen molar-refractivity contribution in [3.05, 3.63) is 21.7 Å². The molecule has 2 unspecified atom stereocenters. The zero-order valence-electron chi connectivity index (χ0n) is 12.4. The van der Waals surface area contributed by atoms with Crippen LogP contribution in [-0.4, -0.2) is 39.1 Å². The molecular formula is C15H23N3O2. The normalized spacial score (nSPS) is 30.1. The van der Waals surface area contributed by atoms with Crippen molar-refractivity contribution >= 4 is 0 Å². The van der Waals surface area contributed by atoms with Gasteiger partial charge in [-0.3, -0.25) is 4.79 Å². The van der Waals surface area contributed by atoms with Gasteiger partial charge in [-0.1, -0.05) is 13.8 Å². The lowest BCUT2D eigenvalue weighted by atomic mass is 9.90. The van der Waals surface area contributed by atoms with Crippen LogP contribution >= 0.6 is 0 Å². The lowest BCUT2D eigenvalue weighted by molar-refractivity contribution is 0.158. The Labute approximate surface area is 119 Å². The maximum Gasteiger partial charge on any atom is 0.258 e. The van der Waals surface area contributed by atoms with Gasteiger partial charge in [0.05, 0.1) is 5.56 Å². The van der Waals surface area contributed by atoms with Gasteiger partial charge in [0.15, 0.2) is 0 Å². The number of fused-ring (bicyclic) bond motifs is 2. The monoisotopic (exact) mass is 277 g/mol. The maximum atomic E-state index is 12.1. The second-order valence-corrected chi connectivity index (χ2v) is 6.56. The molecule has 1 aromatic heterocycles. The Morgan fingerprint density at radius 3 is 2.40 bits per heavy atom. The highest BCUT2D eigenvalue weighted by atomic mass is 16.3. The molecule has 3 heterocycles. The van der Waals surface area contributed by atoms with Crippen molar-refractivity contribution in [1.29, 1.82) is 0 Å². The number of nitrogens with zero attached hydrogens (tertiary/aromatic N) is 2. The van der Waals surface area contributed by atoms with Crippen LogP contribution in [0.25, 0.3) is 0 Å². The molecule has 0 aliphatic carbocycles. The number of hydrogen-bond donors (Lipinski definition) is 2. The molecule has 2 bridgehead atoms. The first-order chi connectivity index (χ1) is 9.47. The third-order valence-electron chi connectivity index (χ3n) is 5.02. The Balaban J connectivity index is 1.91. The van der Waals surface area contributed by atoms with Gasteiger partial charge >= 0.3 is 0 Å².